The normalized spacial score (nSPS) is 14.2. The maximum atomic E-state index is 12.8. The van der Waals surface area contributed by atoms with Crippen LogP contribution in [0, 0.1) is 0 Å². The highest BCUT2D eigenvalue weighted by Crippen LogP contribution is 2.37. The van der Waals surface area contributed by atoms with Gasteiger partial charge in [-0.25, -0.2) is 4.98 Å². The minimum Gasteiger partial charge on any atom is -0.445 e. The summed E-state index contributed by atoms with van der Waals surface area (Å²) >= 11 is 0. The molecule has 0 unspecified atom stereocenters. The predicted octanol–water partition coefficient (Wildman–Crippen LogP) is 4.42. The van der Waals surface area contributed by atoms with Crippen LogP contribution in [0.4, 0.5) is 0 Å². The van der Waals surface area contributed by atoms with Gasteiger partial charge in [-0.2, -0.15) is 0 Å². The quantitative estimate of drug-likeness (QED) is 0.467. The summed E-state index contributed by atoms with van der Waals surface area (Å²) in [6.07, 6.45) is 4.14. The molecule has 1 aliphatic heterocycles. The van der Waals surface area contributed by atoms with Crippen molar-refractivity contribution in [2.75, 3.05) is 33.2 Å². The molecule has 4 aromatic rings. The van der Waals surface area contributed by atoms with Gasteiger partial charge in [-0.15, -0.1) is 0 Å². The smallest absolute Gasteiger partial charge is 0.253 e. The van der Waals surface area contributed by atoms with Crippen LogP contribution in [-0.2, 0) is 13.0 Å². The Morgan fingerprint density at radius 1 is 1.13 bits per heavy atom. The average Bonchev–Trinajstić information content (AvgIpc) is 3.43. The molecule has 0 N–H and O–H groups in total. The van der Waals surface area contributed by atoms with Gasteiger partial charge < -0.3 is 18.8 Å². The summed E-state index contributed by atoms with van der Waals surface area (Å²) < 4.78 is 7.96. The van der Waals surface area contributed by atoms with Crippen molar-refractivity contribution in [1.82, 2.24) is 19.4 Å². The first kappa shape index (κ1) is 19.8. The van der Waals surface area contributed by atoms with E-state index in [1.165, 1.54) is 21.8 Å². The third-order valence-electron chi connectivity index (χ3n) is 6.63. The zero-order chi connectivity index (χ0) is 21.5. The van der Waals surface area contributed by atoms with Crippen LogP contribution in [0.2, 0.25) is 0 Å². The number of aromatic nitrogens is 2. The SMILES string of the molecule is CCN(CC)CCn1c2ccc(-c3ncco3)cc2c2c3c(ccc21)C(=O)N(C)CC3. The fraction of sp³-hybridized carbons (Fsp3) is 0.360. The number of likely N-dealkylation sites (N-methyl/N-ethyl adjacent to an activating group) is 2. The van der Waals surface area contributed by atoms with Crippen molar-refractivity contribution in [1.29, 1.82) is 0 Å². The molecule has 0 aliphatic carbocycles. The number of carbonyl (C=O) groups excluding carboxylic acids is 1. The maximum Gasteiger partial charge on any atom is 0.253 e. The largest absolute Gasteiger partial charge is 0.445 e. The topological polar surface area (TPSA) is 54.5 Å². The Morgan fingerprint density at radius 2 is 1.94 bits per heavy atom. The van der Waals surface area contributed by atoms with Crippen molar-refractivity contribution < 1.29 is 9.21 Å². The predicted molar refractivity (Wildman–Crippen MR) is 123 cm³/mol. The lowest BCUT2D eigenvalue weighted by Gasteiger charge is -2.25. The highest BCUT2D eigenvalue weighted by atomic mass is 16.3. The van der Waals surface area contributed by atoms with E-state index in [1.807, 2.05) is 18.0 Å². The van der Waals surface area contributed by atoms with Crippen LogP contribution in [0.1, 0.15) is 29.8 Å². The highest BCUT2D eigenvalue weighted by Gasteiger charge is 2.26. The molecule has 6 heteroatoms. The molecule has 1 aliphatic rings. The molecule has 0 spiro atoms. The summed E-state index contributed by atoms with van der Waals surface area (Å²) in [6, 6.07) is 10.5. The standard InChI is InChI=1S/C25H28N4O2/c1-4-28(5-2)13-14-29-21-8-6-17(24-26-11-15-31-24)16-20(21)23-18-10-12-27(3)25(30)19(18)7-9-22(23)29/h6-9,11,15-16H,4-5,10,12-14H2,1-3H3. The molecule has 0 saturated heterocycles. The molecule has 1 amide bonds. The molecular weight excluding hydrogens is 388 g/mol. The second-order valence-electron chi connectivity index (χ2n) is 8.21. The molecule has 6 nitrogen and oxygen atoms in total. The van der Waals surface area contributed by atoms with E-state index in [1.54, 1.807) is 12.5 Å². The number of hydrogen-bond acceptors (Lipinski definition) is 4. The number of carbonyl (C=O) groups is 1. The van der Waals surface area contributed by atoms with E-state index in [-0.39, 0.29) is 5.91 Å². The molecule has 0 radical (unpaired) electrons. The van der Waals surface area contributed by atoms with Gasteiger partial charge in [-0.3, -0.25) is 4.79 Å². The van der Waals surface area contributed by atoms with Gasteiger partial charge in [0, 0.05) is 59.6 Å². The van der Waals surface area contributed by atoms with Crippen molar-refractivity contribution in [2.45, 2.75) is 26.8 Å². The zero-order valence-electron chi connectivity index (χ0n) is 18.4. The Labute approximate surface area is 182 Å². The number of fused-ring (bicyclic) bond motifs is 5. The van der Waals surface area contributed by atoms with Gasteiger partial charge in [0.15, 0.2) is 0 Å². The molecular formula is C25H28N4O2. The molecule has 3 heterocycles. The van der Waals surface area contributed by atoms with Gasteiger partial charge in [0.25, 0.3) is 5.91 Å². The molecule has 0 fully saturated rings. The Hall–Kier alpha value is -3.12. The average molecular weight is 417 g/mol. The Kier molecular flexibility index (Phi) is 5.02. The Bertz CT molecular complexity index is 1250. The fourth-order valence-corrected chi connectivity index (χ4v) is 4.83. The van der Waals surface area contributed by atoms with Crippen LogP contribution in [0.3, 0.4) is 0 Å². The summed E-state index contributed by atoms with van der Waals surface area (Å²) in [5.41, 5.74) is 5.33. The summed E-state index contributed by atoms with van der Waals surface area (Å²) in [4.78, 5) is 21.4. The van der Waals surface area contributed by atoms with Gasteiger partial charge in [0.05, 0.1) is 6.20 Å². The van der Waals surface area contributed by atoms with Crippen LogP contribution in [-0.4, -0.2) is 58.5 Å². The van der Waals surface area contributed by atoms with E-state index in [4.69, 9.17) is 4.42 Å². The third-order valence-corrected chi connectivity index (χ3v) is 6.63. The van der Waals surface area contributed by atoms with Crippen molar-refractivity contribution in [3.63, 3.8) is 0 Å². The van der Waals surface area contributed by atoms with E-state index in [0.29, 0.717) is 5.89 Å². The van der Waals surface area contributed by atoms with Gasteiger partial charge in [-0.1, -0.05) is 13.8 Å². The molecule has 0 saturated carbocycles. The number of oxazole rings is 1. The molecule has 0 atom stereocenters. The van der Waals surface area contributed by atoms with E-state index >= 15 is 0 Å². The Balaban J connectivity index is 1.75. The van der Waals surface area contributed by atoms with Crippen LogP contribution < -0.4 is 0 Å². The summed E-state index contributed by atoms with van der Waals surface area (Å²) in [5.74, 6) is 0.725. The van der Waals surface area contributed by atoms with E-state index in [2.05, 4.69) is 52.6 Å². The first-order valence-electron chi connectivity index (χ1n) is 11.1. The van der Waals surface area contributed by atoms with Gasteiger partial charge in [0.1, 0.15) is 6.26 Å². The van der Waals surface area contributed by atoms with Gasteiger partial charge >= 0.3 is 0 Å². The molecule has 31 heavy (non-hydrogen) atoms. The van der Waals surface area contributed by atoms with Crippen LogP contribution in [0.5, 0.6) is 0 Å². The zero-order valence-corrected chi connectivity index (χ0v) is 18.4. The van der Waals surface area contributed by atoms with Crippen LogP contribution >= 0.6 is 0 Å². The maximum absolute atomic E-state index is 12.8. The fourth-order valence-electron chi connectivity index (χ4n) is 4.83. The first-order valence-corrected chi connectivity index (χ1v) is 11.1. The summed E-state index contributed by atoms with van der Waals surface area (Å²) in [5, 5.41) is 2.36. The van der Waals surface area contributed by atoms with Crippen molar-refractivity contribution >= 4 is 27.7 Å². The summed E-state index contributed by atoms with van der Waals surface area (Å²) in [6.45, 7) is 9.14. The van der Waals surface area contributed by atoms with E-state index in [9.17, 15) is 4.79 Å². The van der Waals surface area contributed by atoms with Crippen molar-refractivity contribution in [2.24, 2.45) is 0 Å². The molecule has 160 valence electrons. The highest BCUT2D eigenvalue weighted by molar-refractivity contribution is 6.14. The molecule has 0 bridgehead atoms. The lowest BCUT2D eigenvalue weighted by Crippen LogP contribution is -2.34. The first-order chi connectivity index (χ1) is 15.1. The number of rotatable bonds is 6. The van der Waals surface area contributed by atoms with Crippen LogP contribution in [0.15, 0.2) is 47.2 Å². The second-order valence-corrected chi connectivity index (χ2v) is 8.21. The van der Waals surface area contributed by atoms with Crippen LogP contribution in [0.25, 0.3) is 33.3 Å². The Morgan fingerprint density at radius 3 is 2.68 bits per heavy atom. The third kappa shape index (κ3) is 3.22. The number of amides is 1. The molecule has 2 aromatic carbocycles. The lowest BCUT2D eigenvalue weighted by atomic mass is 9.94. The van der Waals surface area contributed by atoms with Gasteiger partial charge in [-0.05, 0) is 55.4 Å². The molecule has 5 rings (SSSR count). The number of nitrogens with zero attached hydrogens (tertiary/aromatic N) is 4. The van der Waals surface area contributed by atoms with E-state index < -0.39 is 0 Å². The monoisotopic (exact) mass is 416 g/mol. The molecule has 2 aromatic heterocycles. The van der Waals surface area contributed by atoms with Crippen molar-refractivity contribution in [3.05, 3.63) is 53.9 Å². The second kappa shape index (κ2) is 7.85. The van der Waals surface area contributed by atoms with Crippen molar-refractivity contribution in [3.8, 4) is 11.5 Å². The summed E-state index contributed by atoms with van der Waals surface area (Å²) in [7, 11) is 1.88. The lowest BCUT2D eigenvalue weighted by molar-refractivity contribution is 0.0781. The minimum absolute atomic E-state index is 0.107. The minimum atomic E-state index is 0.107. The number of benzene rings is 2. The van der Waals surface area contributed by atoms with E-state index in [0.717, 1.165) is 55.8 Å². The van der Waals surface area contributed by atoms with Gasteiger partial charge in [0.2, 0.25) is 5.89 Å². The number of hydrogen-bond donors (Lipinski definition) is 0.